The average Bonchev–Trinajstić information content (AvgIpc) is 2.97. The topological polar surface area (TPSA) is 52.0 Å². The van der Waals surface area contributed by atoms with E-state index in [1.807, 2.05) is 0 Å². The minimum absolute atomic E-state index is 0.0752. The number of nitrogens with two attached hydrogens (primary N) is 2. The van der Waals surface area contributed by atoms with Crippen LogP contribution in [0.3, 0.4) is 0 Å². The third-order valence-electron chi connectivity index (χ3n) is 6.43. The molecule has 4 rings (SSSR count). The van der Waals surface area contributed by atoms with Crippen molar-refractivity contribution in [2.75, 3.05) is 11.5 Å². The van der Waals surface area contributed by atoms with Crippen molar-refractivity contribution in [2.45, 2.75) is 77.0 Å². The van der Waals surface area contributed by atoms with E-state index in [2.05, 4.69) is 41.5 Å². The van der Waals surface area contributed by atoms with Crippen LogP contribution >= 0.6 is 0 Å². The molecule has 0 heterocycles. The first-order valence-corrected chi connectivity index (χ1v) is 10.0. The molecule has 2 aromatic carbocycles. The van der Waals surface area contributed by atoms with Crippen LogP contribution in [-0.2, 0) is 10.8 Å². The summed E-state index contributed by atoms with van der Waals surface area (Å²) in [6.45, 7) is 12.6. The molecule has 28 heavy (non-hydrogen) atoms. The van der Waals surface area contributed by atoms with E-state index >= 15 is 0 Å². The smallest absolute Gasteiger partial charge is 0.127 e. The van der Waals surface area contributed by atoms with Crippen molar-refractivity contribution in [3.8, 4) is 0 Å². The monoisotopic (exact) mass is 386 g/mol. The van der Waals surface area contributed by atoms with Crippen molar-refractivity contribution in [1.82, 2.24) is 0 Å². The summed E-state index contributed by atoms with van der Waals surface area (Å²) in [5.41, 5.74) is 16.8. The zero-order valence-electron chi connectivity index (χ0n) is 17.8. The Balaban J connectivity index is 0.000000161. The van der Waals surface area contributed by atoms with Crippen molar-refractivity contribution < 1.29 is 8.78 Å². The molecule has 0 fully saturated rings. The van der Waals surface area contributed by atoms with Gasteiger partial charge in [-0.1, -0.05) is 41.5 Å². The summed E-state index contributed by atoms with van der Waals surface area (Å²) in [6, 6.07) is 6.31. The van der Waals surface area contributed by atoms with E-state index in [0.29, 0.717) is 11.8 Å². The second kappa shape index (κ2) is 6.75. The second-order valence-corrected chi connectivity index (χ2v) is 9.83. The maximum absolute atomic E-state index is 13.7. The lowest BCUT2D eigenvalue weighted by molar-refractivity contribution is 0.466. The Kier molecular flexibility index (Phi) is 4.97. The van der Waals surface area contributed by atoms with Gasteiger partial charge in [0.25, 0.3) is 0 Å². The average molecular weight is 387 g/mol. The first kappa shape index (κ1) is 20.6. The molecule has 4 heteroatoms. The molecule has 0 aliphatic heterocycles. The van der Waals surface area contributed by atoms with E-state index in [1.165, 1.54) is 12.1 Å². The predicted octanol–water partition coefficient (Wildman–Crippen LogP) is 6.39. The molecule has 2 aliphatic rings. The van der Waals surface area contributed by atoms with E-state index in [4.69, 9.17) is 11.5 Å². The van der Waals surface area contributed by atoms with Crippen LogP contribution in [-0.4, -0.2) is 0 Å². The fourth-order valence-electron chi connectivity index (χ4n) is 5.59. The van der Waals surface area contributed by atoms with E-state index in [-0.39, 0.29) is 22.5 Å². The van der Waals surface area contributed by atoms with E-state index < -0.39 is 0 Å². The first-order chi connectivity index (χ1) is 12.9. The molecule has 0 saturated heterocycles. The van der Waals surface area contributed by atoms with Gasteiger partial charge >= 0.3 is 0 Å². The predicted molar refractivity (Wildman–Crippen MR) is 114 cm³/mol. The lowest BCUT2D eigenvalue weighted by Crippen LogP contribution is -2.14. The van der Waals surface area contributed by atoms with Gasteiger partial charge in [-0.15, -0.1) is 0 Å². The van der Waals surface area contributed by atoms with Gasteiger partial charge in [-0.05, 0) is 82.0 Å². The fraction of sp³-hybridized carbons (Fsp3) is 0.500. The Morgan fingerprint density at radius 2 is 1.04 bits per heavy atom. The van der Waals surface area contributed by atoms with Gasteiger partial charge in [0.05, 0.1) is 0 Å². The van der Waals surface area contributed by atoms with Gasteiger partial charge in [0.15, 0.2) is 0 Å². The van der Waals surface area contributed by atoms with Crippen LogP contribution in [0.2, 0.25) is 0 Å². The highest BCUT2D eigenvalue weighted by Crippen LogP contribution is 2.49. The zero-order chi connectivity index (χ0) is 21.0. The van der Waals surface area contributed by atoms with Crippen molar-refractivity contribution in [2.24, 2.45) is 0 Å². The molecule has 0 saturated carbocycles. The highest BCUT2D eigenvalue weighted by molar-refractivity contribution is 5.59. The van der Waals surface area contributed by atoms with Gasteiger partial charge in [-0.2, -0.15) is 0 Å². The maximum Gasteiger partial charge on any atom is 0.127 e. The maximum atomic E-state index is 13.7. The van der Waals surface area contributed by atoms with Gasteiger partial charge in [-0.25, -0.2) is 8.78 Å². The van der Waals surface area contributed by atoms with Gasteiger partial charge in [0, 0.05) is 11.4 Å². The molecular formula is C24H32F2N2. The molecule has 2 aromatic rings. The molecule has 0 bridgehead atoms. The molecule has 152 valence electrons. The summed E-state index contributed by atoms with van der Waals surface area (Å²) in [4.78, 5) is 0. The van der Waals surface area contributed by atoms with Crippen LogP contribution in [0, 0.1) is 11.6 Å². The highest BCUT2D eigenvalue weighted by atomic mass is 19.1. The number of anilines is 2. The Hall–Kier alpha value is -2.10. The third-order valence-corrected chi connectivity index (χ3v) is 6.43. The normalized spacial score (nSPS) is 23.6. The Morgan fingerprint density at radius 1 is 0.714 bits per heavy atom. The van der Waals surface area contributed by atoms with Crippen molar-refractivity contribution in [3.05, 3.63) is 58.2 Å². The number of benzene rings is 2. The van der Waals surface area contributed by atoms with Crippen LogP contribution < -0.4 is 11.5 Å². The van der Waals surface area contributed by atoms with Crippen LogP contribution in [0.25, 0.3) is 0 Å². The molecule has 0 radical (unpaired) electrons. The Bertz CT molecular complexity index is 840. The standard InChI is InChI=1S/2C12H16FN/c2*1-7-6-12(2,3)11-8(13)4-5-9(14)10(7)11/h2*4-5,7H,6,14H2,1-3H3/t7-;/m0./s1. The lowest BCUT2D eigenvalue weighted by Gasteiger charge is -2.19. The summed E-state index contributed by atoms with van der Waals surface area (Å²) in [6.07, 6.45) is 1.96. The summed E-state index contributed by atoms with van der Waals surface area (Å²) in [5, 5.41) is 0. The number of fused-ring (bicyclic) bond motifs is 2. The highest BCUT2D eigenvalue weighted by Gasteiger charge is 2.39. The first-order valence-electron chi connectivity index (χ1n) is 10.0. The molecule has 1 unspecified atom stereocenters. The largest absolute Gasteiger partial charge is 0.398 e. The number of rotatable bonds is 0. The lowest BCUT2D eigenvalue weighted by atomic mass is 9.86. The van der Waals surface area contributed by atoms with Gasteiger partial charge in [0.2, 0.25) is 0 Å². The molecule has 0 aromatic heterocycles. The quantitative estimate of drug-likeness (QED) is 0.516. The molecule has 4 N–H and O–H groups in total. The molecule has 0 spiro atoms. The summed E-state index contributed by atoms with van der Waals surface area (Å²) < 4.78 is 27.4. The summed E-state index contributed by atoms with van der Waals surface area (Å²) >= 11 is 0. The van der Waals surface area contributed by atoms with E-state index in [1.54, 1.807) is 12.1 Å². The van der Waals surface area contributed by atoms with Crippen LogP contribution in [0.5, 0.6) is 0 Å². The van der Waals surface area contributed by atoms with Crippen molar-refractivity contribution >= 4 is 11.4 Å². The molecule has 2 nitrogen and oxygen atoms in total. The Morgan fingerprint density at radius 3 is 1.32 bits per heavy atom. The SMILES string of the molecule is CC1CC(C)(C)c2c(F)ccc(N)c21.C[C@H]1CC(C)(C)c2c(F)ccc(N)c21. The number of hydrogen-bond acceptors (Lipinski definition) is 2. The Labute approximate surface area is 167 Å². The number of halogens is 2. The minimum atomic E-state index is -0.108. The second-order valence-electron chi connectivity index (χ2n) is 9.83. The van der Waals surface area contributed by atoms with Crippen molar-refractivity contribution in [3.63, 3.8) is 0 Å². The van der Waals surface area contributed by atoms with Gasteiger partial charge < -0.3 is 11.5 Å². The molecule has 0 amide bonds. The summed E-state index contributed by atoms with van der Waals surface area (Å²) in [7, 11) is 0. The van der Waals surface area contributed by atoms with Gasteiger partial charge in [-0.3, -0.25) is 0 Å². The molecule has 2 aliphatic carbocycles. The number of hydrogen-bond donors (Lipinski definition) is 2. The third kappa shape index (κ3) is 3.27. The zero-order valence-corrected chi connectivity index (χ0v) is 17.8. The molecular weight excluding hydrogens is 354 g/mol. The van der Waals surface area contributed by atoms with E-state index in [9.17, 15) is 8.78 Å². The molecule has 2 atom stereocenters. The van der Waals surface area contributed by atoms with Gasteiger partial charge in [0.1, 0.15) is 11.6 Å². The van der Waals surface area contributed by atoms with E-state index in [0.717, 1.165) is 46.5 Å². The fourth-order valence-corrected chi connectivity index (χ4v) is 5.59. The van der Waals surface area contributed by atoms with Crippen LogP contribution in [0.15, 0.2) is 24.3 Å². The van der Waals surface area contributed by atoms with Crippen molar-refractivity contribution in [1.29, 1.82) is 0 Å². The number of nitrogen functional groups attached to an aromatic ring is 2. The van der Waals surface area contributed by atoms with Crippen LogP contribution in [0.1, 0.15) is 88.5 Å². The summed E-state index contributed by atoms with van der Waals surface area (Å²) in [5.74, 6) is 0.526. The minimum Gasteiger partial charge on any atom is -0.398 e. The van der Waals surface area contributed by atoms with Crippen LogP contribution in [0.4, 0.5) is 20.2 Å².